The molecule has 1 aromatic heterocycles. The van der Waals surface area contributed by atoms with Gasteiger partial charge in [-0.2, -0.15) is 4.98 Å². The Kier molecular flexibility index (Phi) is 5.08. The highest BCUT2D eigenvalue weighted by Crippen LogP contribution is 2.30. The zero-order chi connectivity index (χ0) is 15.4. The van der Waals surface area contributed by atoms with Crippen LogP contribution in [0.5, 0.6) is 0 Å². The molecule has 1 aromatic rings. The molecule has 120 valence electrons. The number of aromatic nitrogens is 2. The number of hydrogen-bond donors (Lipinski definition) is 1. The fraction of sp³-hybridized carbons (Fsp3) is 0.615. The van der Waals surface area contributed by atoms with E-state index in [2.05, 4.69) is 9.98 Å². The number of aliphatic hydroxyl groups is 1. The van der Waals surface area contributed by atoms with Gasteiger partial charge in [0.05, 0.1) is 26.2 Å². The van der Waals surface area contributed by atoms with Gasteiger partial charge >= 0.3 is 5.69 Å². The summed E-state index contributed by atoms with van der Waals surface area (Å²) in [7, 11) is 0. The summed E-state index contributed by atoms with van der Waals surface area (Å²) < 4.78 is 12.2. The van der Waals surface area contributed by atoms with Crippen LogP contribution < -0.4 is 5.69 Å². The molecule has 2 aliphatic heterocycles. The van der Waals surface area contributed by atoms with Crippen LogP contribution in [0.15, 0.2) is 22.1 Å². The van der Waals surface area contributed by atoms with Gasteiger partial charge in [0.2, 0.25) is 0 Å². The fourth-order valence-corrected chi connectivity index (χ4v) is 3.14. The van der Waals surface area contributed by atoms with Crippen LogP contribution in [-0.2, 0) is 9.47 Å². The molecule has 2 fully saturated rings. The molecule has 0 unspecified atom stereocenters. The molecule has 0 aromatic carbocycles. The molecule has 2 aliphatic rings. The average Bonchev–Trinajstić information content (AvgIpc) is 3.03. The lowest BCUT2D eigenvalue weighted by Gasteiger charge is -2.23. The molecule has 0 saturated carbocycles. The van der Waals surface area contributed by atoms with Crippen LogP contribution >= 0.6 is 11.8 Å². The standard InChI is InChI=1S/C13H18N4O4S/c18-7-12-21-11(8-22-12)17-2-1-10(15-13(17)19)14-9-16-3-5-20-6-4-16/h1-2,9,11-12,18H,3-8H2/t11-,12+/m1/s1. The van der Waals surface area contributed by atoms with Crippen LogP contribution in [0.25, 0.3) is 0 Å². The summed E-state index contributed by atoms with van der Waals surface area (Å²) in [6.45, 7) is 2.88. The van der Waals surface area contributed by atoms with Gasteiger partial charge in [0.1, 0.15) is 11.7 Å². The van der Waals surface area contributed by atoms with Crippen molar-refractivity contribution in [1.82, 2.24) is 14.5 Å². The van der Waals surface area contributed by atoms with Crippen molar-refractivity contribution in [3.8, 4) is 0 Å². The van der Waals surface area contributed by atoms with Crippen molar-refractivity contribution >= 4 is 23.9 Å². The van der Waals surface area contributed by atoms with Gasteiger partial charge in [-0.05, 0) is 6.07 Å². The Morgan fingerprint density at radius 1 is 1.50 bits per heavy atom. The van der Waals surface area contributed by atoms with Gasteiger partial charge in [-0.1, -0.05) is 0 Å². The van der Waals surface area contributed by atoms with Gasteiger partial charge < -0.3 is 19.5 Å². The van der Waals surface area contributed by atoms with E-state index in [1.807, 2.05) is 4.90 Å². The van der Waals surface area contributed by atoms with E-state index in [-0.39, 0.29) is 18.3 Å². The van der Waals surface area contributed by atoms with E-state index in [4.69, 9.17) is 14.6 Å². The molecule has 2 atom stereocenters. The third-order valence-corrected chi connectivity index (χ3v) is 4.52. The van der Waals surface area contributed by atoms with Crippen molar-refractivity contribution in [2.75, 3.05) is 38.7 Å². The average molecular weight is 326 g/mol. The molecule has 0 bridgehead atoms. The van der Waals surface area contributed by atoms with E-state index in [1.165, 1.54) is 16.3 Å². The lowest BCUT2D eigenvalue weighted by atomic mass is 10.5. The Balaban J connectivity index is 1.67. The highest BCUT2D eigenvalue weighted by atomic mass is 32.2. The number of nitrogens with zero attached hydrogens (tertiary/aromatic N) is 4. The Labute approximate surface area is 131 Å². The molecule has 0 amide bonds. The minimum absolute atomic E-state index is 0.0642. The van der Waals surface area contributed by atoms with Gasteiger partial charge in [-0.3, -0.25) is 4.57 Å². The van der Waals surface area contributed by atoms with E-state index in [0.29, 0.717) is 24.8 Å². The van der Waals surface area contributed by atoms with Crippen molar-refractivity contribution in [2.24, 2.45) is 4.99 Å². The van der Waals surface area contributed by atoms with Crippen molar-refractivity contribution in [1.29, 1.82) is 0 Å². The van der Waals surface area contributed by atoms with Gasteiger partial charge in [0.25, 0.3) is 0 Å². The maximum Gasteiger partial charge on any atom is 0.351 e. The minimum atomic E-state index is -0.402. The van der Waals surface area contributed by atoms with Crippen molar-refractivity contribution in [2.45, 2.75) is 11.7 Å². The number of morpholine rings is 1. The van der Waals surface area contributed by atoms with E-state index >= 15 is 0 Å². The van der Waals surface area contributed by atoms with Crippen LogP contribution in [0.1, 0.15) is 6.23 Å². The quantitative estimate of drug-likeness (QED) is 0.606. The number of hydrogen-bond acceptors (Lipinski definition) is 7. The predicted octanol–water partition coefficient (Wildman–Crippen LogP) is -0.184. The number of thioether (sulfide) groups is 1. The third kappa shape index (κ3) is 3.67. The maximum absolute atomic E-state index is 12.1. The zero-order valence-electron chi connectivity index (χ0n) is 12.0. The Hall–Kier alpha value is -1.42. The molecular formula is C13H18N4O4S. The van der Waals surface area contributed by atoms with E-state index in [9.17, 15) is 4.79 Å². The SMILES string of the molecule is O=c1nc(N=CN2CCOCC2)ccn1[C@H]1CS[C@@H](CO)O1. The van der Waals surface area contributed by atoms with Gasteiger partial charge in [0, 0.05) is 25.0 Å². The summed E-state index contributed by atoms with van der Waals surface area (Å²) in [5.74, 6) is 0.987. The van der Waals surface area contributed by atoms with Crippen LogP contribution in [0.4, 0.5) is 5.82 Å². The highest BCUT2D eigenvalue weighted by molar-refractivity contribution is 8.00. The molecular weight excluding hydrogens is 308 g/mol. The monoisotopic (exact) mass is 326 g/mol. The molecule has 3 rings (SSSR count). The molecule has 22 heavy (non-hydrogen) atoms. The van der Waals surface area contributed by atoms with Crippen LogP contribution in [-0.4, -0.2) is 70.0 Å². The Bertz CT molecular complexity index is 588. The topological polar surface area (TPSA) is 89.2 Å². The third-order valence-electron chi connectivity index (χ3n) is 3.41. The van der Waals surface area contributed by atoms with Crippen molar-refractivity contribution < 1.29 is 14.6 Å². The van der Waals surface area contributed by atoms with E-state index in [0.717, 1.165) is 13.1 Å². The first-order valence-corrected chi connectivity index (χ1v) is 8.14. The van der Waals surface area contributed by atoms with Crippen LogP contribution in [0.2, 0.25) is 0 Å². The molecule has 3 heterocycles. The van der Waals surface area contributed by atoms with Crippen molar-refractivity contribution in [3.05, 3.63) is 22.7 Å². The predicted molar refractivity (Wildman–Crippen MR) is 82.5 cm³/mol. The summed E-state index contributed by atoms with van der Waals surface area (Å²) in [6, 6.07) is 1.68. The lowest BCUT2D eigenvalue weighted by molar-refractivity contribution is -0.00630. The van der Waals surface area contributed by atoms with Gasteiger partial charge in [-0.15, -0.1) is 11.8 Å². The second kappa shape index (κ2) is 7.23. The summed E-state index contributed by atoms with van der Waals surface area (Å²) in [6.07, 6.45) is 2.93. The number of aliphatic imine (C=N–C) groups is 1. The van der Waals surface area contributed by atoms with E-state index in [1.54, 1.807) is 18.6 Å². The fourth-order valence-electron chi connectivity index (χ4n) is 2.21. The van der Waals surface area contributed by atoms with E-state index < -0.39 is 5.69 Å². The van der Waals surface area contributed by atoms with Crippen LogP contribution in [0, 0.1) is 0 Å². The molecule has 1 N–H and O–H groups in total. The molecule has 0 radical (unpaired) electrons. The zero-order valence-corrected chi connectivity index (χ0v) is 12.8. The number of ether oxygens (including phenoxy) is 2. The number of rotatable bonds is 4. The molecule has 8 nitrogen and oxygen atoms in total. The molecule has 9 heteroatoms. The lowest BCUT2D eigenvalue weighted by Crippen LogP contribution is -2.35. The Morgan fingerprint density at radius 2 is 2.32 bits per heavy atom. The second-order valence-corrected chi connectivity index (χ2v) is 6.10. The largest absolute Gasteiger partial charge is 0.393 e. The highest BCUT2D eigenvalue weighted by Gasteiger charge is 2.27. The first-order chi connectivity index (χ1) is 10.8. The number of aliphatic hydroxyl groups excluding tert-OH is 1. The van der Waals surface area contributed by atoms with Gasteiger partial charge in [0.15, 0.2) is 5.82 Å². The summed E-state index contributed by atoms with van der Waals surface area (Å²) >= 11 is 1.48. The van der Waals surface area contributed by atoms with Gasteiger partial charge in [-0.25, -0.2) is 9.79 Å². The second-order valence-electron chi connectivity index (χ2n) is 4.90. The van der Waals surface area contributed by atoms with Crippen LogP contribution in [0.3, 0.4) is 0 Å². The molecule has 0 spiro atoms. The molecule has 2 saturated heterocycles. The first kappa shape index (κ1) is 15.5. The minimum Gasteiger partial charge on any atom is -0.393 e. The Morgan fingerprint density at radius 3 is 3.00 bits per heavy atom. The molecule has 0 aliphatic carbocycles. The van der Waals surface area contributed by atoms with Crippen molar-refractivity contribution in [3.63, 3.8) is 0 Å². The normalized spacial score (nSPS) is 26.0. The summed E-state index contributed by atoms with van der Waals surface area (Å²) in [5, 5.41) is 9.06. The maximum atomic E-state index is 12.1. The smallest absolute Gasteiger partial charge is 0.351 e. The summed E-state index contributed by atoms with van der Waals surface area (Å²) in [5.41, 5.74) is -0.684. The first-order valence-electron chi connectivity index (χ1n) is 7.09. The summed E-state index contributed by atoms with van der Waals surface area (Å²) in [4.78, 5) is 22.3.